The largest absolute Gasteiger partial charge is 0.491 e. The van der Waals surface area contributed by atoms with E-state index in [0.717, 1.165) is 5.56 Å². The number of anilines is 1. The van der Waals surface area contributed by atoms with E-state index in [9.17, 15) is 14.7 Å². The molecule has 2 atom stereocenters. The molecular weight excluding hydrogens is 472 g/mol. The Hall–Kier alpha value is -4.47. The molecule has 2 N–H and O–H groups in total. The SMILES string of the molecule is Cc1cc(OC[C@H](C)c2ccccc2)cn2nc(C(=O)NC3CCN(c4cccc(C(=O)O)n4)C3)nc12. The Morgan fingerprint density at radius 2 is 1.97 bits per heavy atom. The number of ether oxygens (including phenoxy) is 1. The lowest BCUT2D eigenvalue weighted by atomic mass is 10.0. The number of hydrogen-bond donors (Lipinski definition) is 2. The second kappa shape index (κ2) is 10.3. The van der Waals surface area contributed by atoms with Gasteiger partial charge in [0.05, 0.1) is 12.8 Å². The number of aryl methyl sites for hydroxylation is 1. The van der Waals surface area contributed by atoms with Crippen LogP contribution in [0.1, 0.15) is 51.5 Å². The van der Waals surface area contributed by atoms with E-state index in [1.54, 1.807) is 22.8 Å². The molecule has 10 heteroatoms. The van der Waals surface area contributed by atoms with Crippen LogP contribution >= 0.6 is 0 Å². The Morgan fingerprint density at radius 3 is 2.76 bits per heavy atom. The fourth-order valence-electron chi connectivity index (χ4n) is 4.45. The summed E-state index contributed by atoms with van der Waals surface area (Å²) in [7, 11) is 0. The summed E-state index contributed by atoms with van der Waals surface area (Å²) in [5.74, 6) is 0.115. The van der Waals surface area contributed by atoms with Gasteiger partial charge < -0.3 is 20.1 Å². The van der Waals surface area contributed by atoms with E-state index in [1.165, 1.54) is 11.6 Å². The van der Waals surface area contributed by atoms with Gasteiger partial charge in [0, 0.05) is 25.0 Å². The molecule has 0 radical (unpaired) electrons. The fraction of sp³-hybridized carbons (Fsp3) is 0.296. The van der Waals surface area contributed by atoms with Crippen molar-refractivity contribution in [3.8, 4) is 5.75 Å². The van der Waals surface area contributed by atoms with Crippen LogP contribution < -0.4 is 15.0 Å². The Morgan fingerprint density at radius 1 is 1.16 bits per heavy atom. The number of fused-ring (bicyclic) bond motifs is 1. The normalized spacial score (nSPS) is 16.1. The highest BCUT2D eigenvalue weighted by Crippen LogP contribution is 2.22. The van der Waals surface area contributed by atoms with Crippen molar-refractivity contribution in [2.45, 2.75) is 32.2 Å². The molecule has 0 bridgehead atoms. The molecule has 1 fully saturated rings. The van der Waals surface area contributed by atoms with Crippen LogP contribution in [0.5, 0.6) is 5.75 Å². The summed E-state index contributed by atoms with van der Waals surface area (Å²) in [5, 5.41) is 16.6. The number of carbonyl (C=O) groups excluding carboxylic acids is 1. The van der Waals surface area contributed by atoms with Crippen molar-refractivity contribution >= 4 is 23.3 Å². The molecule has 1 aliphatic rings. The Kier molecular flexibility index (Phi) is 6.72. The molecule has 37 heavy (non-hydrogen) atoms. The number of rotatable bonds is 8. The van der Waals surface area contributed by atoms with E-state index in [4.69, 9.17) is 4.74 Å². The predicted octanol–water partition coefficient (Wildman–Crippen LogP) is 3.32. The van der Waals surface area contributed by atoms with Gasteiger partial charge in [-0.05, 0) is 42.7 Å². The smallest absolute Gasteiger partial charge is 0.354 e. The highest BCUT2D eigenvalue weighted by Gasteiger charge is 2.27. The van der Waals surface area contributed by atoms with Gasteiger partial charge in [-0.3, -0.25) is 4.79 Å². The quantitative estimate of drug-likeness (QED) is 0.378. The van der Waals surface area contributed by atoms with Gasteiger partial charge in [-0.2, -0.15) is 0 Å². The molecule has 1 amide bonds. The molecule has 1 aromatic carbocycles. The Bertz CT molecular complexity index is 1440. The van der Waals surface area contributed by atoms with Crippen molar-refractivity contribution in [1.29, 1.82) is 0 Å². The molecule has 0 spiro atoms. The van der Waals surface area contributed by atoms with Gasteiger partial charge in [0.15, 0.2) is 11.3 Å². The first-order chi connectivity index (χ1) is 17.9. The summed E-state index contributed by atoms with van der Waals surface area (Å²) in [6.45, 7) is 5.71. The van der Waals surface area contributed by atoms with Crippen molar-refractivity contribution in [2.24, 2.45) is 0 Å². The number of benzene rings is 1. The summed E-state index contributed by atoms with van der Waals surface area (Å²) < 4.78 is 7.61. The van der Waals surface area contributed by atoms with Crippen LogP contribution in [0, 0.1) is 6.92 Å². The highest BCUT2D eigenvalue weighted by atomic mass is 16.5. The van der Waals surface area contributed by atoms with Gasteiger partial charge in [0.25, 0.3) is 5.91 Å². The minimum atomic E-state index is -1.07. The number of nitrogens with zero attached hydrogens (tertiary/aromatic N) is 5. The minimum absolute atomic E-state index is 0.00729. The van der Waals surface area contributed by atoms with Crippen LogP contribution in [-0.4, -0.2) is 62.3 Å². The van der Waals surface area contributed by atoms with Crippen LogP contribution in [0.15, 0.2) is 60.8 Å². The molecule has 4 aromatic rings. The molecule has 1 aliphatic heterocycles. The summed E-state index contributed by atoms with van der Waals surface area (Å²) in [6.07, 6.45) is 2.44. The lowest BCUT2D eigenvalue weighted by Crippen LogP contribution is -2.37. The zero-order chi connectivity index (χ0) is 25.9. The Labute approximate surface area is 213 Å². The van der Waals surface area contributed by atoms with Crippen molar-refractivity contribution in [2.75, 3.05) is 24.6 Å². The van der Waals surface area contributed by atoms with Gasteiger partial charge in [0.1, 0.15) is 11.6 Å². The molecular formula is C27H28N6O4. The molecule has 190 valence electrons. The van der Waals surface area contributed by atoms with Crippen LogP contribution in [0.3, 0.4) is 0 Å². The minimum Gasteiger partial charge on any atom is -0.491 e. The van der Waals surface area contributed by atoms with E-state index in [-0.39, 0.29) is 29.4 Å². The standard InChI is InChI=1S/C27H28N6O4/c1-17-13-21(37-16-18(2)19-7-4-3-5-8-19)15-33-25(17)30-24(31-33)26(34)28-20-11-12-32(14-20)23-10-6-9-22(29-23)27(35)36/h3-10,13,15,18,20H,11-12,14,16H2,1-2H3,(H,28,34)(H,35,36)/t18-,20?/m0/s1. The van der Waals surface area contributed by atoms with Gasteiger partial charge >= 0.3 is 5.97 Å². The average molecular weight is 501 g/mol. The highest BCUT2D eigenvalue weighted by molar-refractivity contribution is 5.91. The number of aromatic carboxylic acids is 1. The van der Waals surface area contributed by atoms with Crippen molar-refractivity contribution in [3.05, 3.63) is 83.4 Å². The third-order valence-corrected chi connectivity index (χ3v) is 6.46. The summed E-state index contributed by atoms with van der Waals surface area (Å²) in [5.41, 5.74) is 2.65. The van der Waals surface area contributed by atoms with Crippen molar-refractivity contribution < 1.29 is 19.4 Å². The summed E-state index contributed by atoms with van der Waals surface area (Å²) >= 11 is 0. The number of carboxylic acids is 1. The second-order valence-corrected chi connectivity index (χ2v) is 9.28. The maximum absolute atomic E-state index is 12.9. The number of nitrogens with one attached hydrogen (secondary N) is 1. The first kappa shape index (κ1) is 24.2. The maximum Gasteiger partial charge on any atom is 0.354 e. The number of aromatic nitrogens is 4. The first-order valence-electron chi connectivity index (χ1n) is 12.2. The van der Waals surface area contributed by atoms with Crippen LogP contribution in [0.25, 0.3) is 5.65 Å². The molecule has 10 nitrogen and oxygen atoms in total. The molecule has 1 unspecified atom stereocenters. The molecule has 3 aromatic heterocycles. The molecule has 0 saturated carbocycles. The summed E-state index contributed by atoms with van der Waals surface area (Å²) in [6, 6.07) is 16.8. The number of carboxylic acid groups (broad SMARTS) is 1. The van der Waals surface area contributed by atoms with E-state index >= 15 is 0 Å². The maximum atomic E-state index is 12.9. The topological polar surface area (TPSA) is 122 Å². The van der Waals surface area contributed by atoms with E-state index in [1.807, 2.05) is 36.1 Å². The Balaban J connectivity index is 1.23. The first-order valence-corrected chi connectivity index (χ1v) is 12.2. The van der Waals surface area contributed by atoms with Gasteiger partial charge in [-0.25, -0.2) is 19.3 Å². The van der Waals surface area contributed by atoms with E-state index in [2.05, 4.69) is 39.4 Å². The van der Waals surface area contributed by atoms with Crippen molar-refractivity contribution in [3.63, 3.8) is 0 Å². The third-order valence-electron chi connectivity index (χ3n) is 6.46. The molecule has 4 heterocycles. The predicted molar refractivity (Wildman–Crippen MR) is 137 cm³/mol. The van der Waals surface area contributed by atoms with Gasteiger partial charge in [0.2, 0.25) is 5.82 Å². The van der Waals surface area contributed by atoms with Gasteiger partial charge in [-0.15, -0.1) is 5.10 Å². The molecule has 1 saturated heterocycles. The lowest BCUT2D eigenvalue weighted by molar-refractivity contribution is 0.0690. The number of carbonyl (C=O) groups is 2. The van der Waals surface area contributed by atoms with Gasteiger partial charge in [-0.1, -0.05) is 43.3 Å². The number of pyridine rings is 2. The average Bonchev–Trinajstić information content (AvgIpc) is 3.55. The van der Waals surface area contributed by atoms with Crippen LogP contribution in [0.2, 0.25) is 0 Å². The third kappa shape index (κ3) is 5.37. The van der Waals surface area contributed by atoms with Crippen molar-refractivity contribution in [1.82, 2.24) is 24.9 Å². The monoisotopic (exact) mass is 500 g/mol. The van der Waals surface area contributed by atoms with E-state index in [0.29, 0.717) is 43.3 Å². The lowest BCUT2D eigenvalue weighted by Gasteiger charge is -2.18. The zero-order valence-corrected chi connectivity index (χ0v) is 20.7. The fourth-order valence-corrected chi connectivity index (χ4v) is 4.45. The van der Waals surface area contributed by atoms with E-state index < -0.39 is 5.97 Å². The number of amides is 1. The van der Waals surface area contributed by atoms with Crippen LogP contribution in [0.4, 0.5) is 5.82 Å². The summed E-state index contributed by atoms with van der Waals surface area (Å²) in [4.78, 5) is 34.7. The molecule has 5 rings (SSSR count). The zero-order valence-electron chi connectivity index (χ0n) is 20.7. The number of hydrogen-bond acceptors (Lipinski definition) is 7. The molecule has 0 aliphatic carbocycles. The van der Waals surface area contributed by atoms with Crippen LogP contribution in [-0.2, 0) is 0 Å². The second-order valence-electron chi connectivity index (χ2n) is 9.28.